The van der Waals surface area contributed by atoms with Gasteiger partial charge in [-0.3, -0.25) is 9.79 Å². The van der Waals surface area contributed by atoms with Crippen LogP contribution >= 0.6 is 0 Å². The second-order valence-electron chi connectivity index (χ2n) is 12.1. The van der Waals surface area contributed by atoms with Gasteiger partial charge < -0.3 is 30.7 Å². The Kier molecular flexibility index (Phi) is 10.3. The Morgan fingerprint density at radius 1 is 1.03 bits per heavy atom. The van der Waals surface area contributed by atoms with Crippen molar-refractivity contribution in [2.75, 3.05) is 46.9 Å². The van der Waals surface area contributed by atoms with Gasteiger partial charge in [0.1, 0.15) is 0 Å². The highest BCUT2D eigenvalue weighted by molar-refractivity contribution is 5.81. The van der Waals surface area contributed by atoms with Gasteiger partial charge >= 0.3 is 0 Å². The number of carbonyl (C=O) groups excluding carboxylic acids is 1. The van der Waals surface area contributed by atoms with Gasteiger partial charge in [-0.25, -0.2) is 0 Å². The highest BCUT2D eigenvalue weighted by Crippen LogP contribution is 2.46. The van der Waals surface area contributed by atoms with E-state index in [0.717, 1.165) is 70.2 Å². The minimum Gasteiger partial charge on any atom is -0.381 e. The summed E-state index contributed by atoms with van der Waals surface area (Å²) in [5, 5.41) is 13.7. The fourth-order valence-electron chi connectivity index (χ4n) is 7.28. The van der Waals surface area contributed by atoms with E-state index in [4.69, 9.17) is 9.47 Å². The van der Waals surface area contributed by atoms with Crippen LogP contribution in [0.2, 0.25) is 0 Å². The summed E-state index contributed by atoms with van der Waals surface area (Å²) in [4.78, 5) is 18.0. The Bertz CT molecular complexity index is 732. The summed E-state index contributed by atoms with van der Waals surface area (Å²) in [5.74, 6) is 4.20. The highest BCUT2D eigenvalue weighted by atomic mass is 16.5. The molecule has 2 saturated carbocycles. The molecule has 8 heteroatoms. The van der Waals surface area contributed by atoms with Crippen LogP contribution in [-0.2, 0) is 14.3 Å². The molecular weight excluding hydrogens is 454 g/mol. The predicted octanol–water partition coefficient (Wildman–Crippen LogP) is 2.54. The number of methoxy groups -OCH3 is 2. The number of hydrogen-bond donors (Lipinski definition) is 4. The van der Waals surface area contributed by atoms with Crippen LogP contribution in [0.4, 0.5) is 0 Å². The maximum atomic E-state index is 13.5. The van der Waals surface area contributed by atoms with Crippen molar-refractivity contribution in [3.05, 3.63) is 0 Å². The van der Waals surface area contributed by atoms with E-state index in [2.05, 4.69) is 40.1 Å². The number of nitrogens with one attached hydrogen (secondary N) is 4. The molecule has 4 N–H and O–H groups in total. The number of aliphatic imine (C=N–C) groups is 1. The lowest BCUT2D eigenvalue weighted by molar-refractivity contribution is -0.128. The predicted molar refractivity (Wildman–Crippen MR) is 144 cm³/mol. The third-order valence-corrected chi connectivity index (χ3v) is 9.47. The summed E-state index contributed by atoms with van der Waals surface area (Å²) >= 11 is 0. The Balaban J connectivity index is 1.40. The van der Waals surface area contributed by atoms with E-state index in [0.29, 0.717) is 48.5 Å². The Labute approximate surface area is 218 Å². The van der Waals surface area contributed by atoms with Crippen molar-refractivity contribution in [2.24, 2.45) is 40.5 Å². The van der Waals surface area contributed by atoms with Gasteiger partial charge in [0.2, 0.25) is 5.91 Å². The lowest BCUT2D eigenvalue weighted by Crippen LogP contribution is -2.50. The number of piperidine rings is 1. The summed E-state index contributed by atoms with van der Waals surface area (Å²) in [7, 11) is 3.67. The van der Waals surface area contributed by atoms with Crippen molar-refractivity contribution in [3.63, 3.8) is 0 Å². The number of ether oxygens (including phenoxy) is 2. The van der Waals surface area contributed by atoms with Crippen molar-refractivity contribution in [2.45, 2.75) is 83.5 Å². The SMILES string of the molecule is COC1CCNC(CNC(=O)C2CC(CNC3=NCCN3)CC(C3CC(C(C)C)CCC3OC)C2)C1. The zero-order chi connectivity index (χ0) is 25.5. The van der Waals surface area contributed by atoms with E-state index < -0.39 is 0 Å². The number of nitrogens with zero attached hydrogens (tertiary/aromatic N) is 1. The molecule has 2 heterocycles. The molecule has 3 fully saturated rings. The van der Waals surface area contributed by atoms with Gasteiger partial charge in [-0.1, -0.05) is 13.8 Å². The molecule has 8 nitrogen and oxygen atoms in total. The van der Waals surface area contributed by atoms with Crippen LogP contribution in [0.5, 0.6) is 0 Å². The third-order valence-electron chi connectivity index (χ3n) is 9.47. The Morgan fingerprint density at radius 3 is 2.61 bits per heavy atom. The highest BCUT2D eigenvalue weighted by Gasteiger charge is 2.42. The van der Waals surface area contributed by atoms with Crippen LogP contribution in [0.3, 0.4) is 0 Å². The standard InChI is InChI=1S/C28H51N5O3/c1-18(2)20-5-6-26(36-4)25(14-20)21-11-19(16-33-28-30-9-10-31-28)12-22(13-21)27(34)32-17-23-15-24(35-3)7-8-29-23/h18-26,29H,5-17H2,1-4H3,(H,32,34)(H2,30,31,33). The summed E-state index contributed by atoms with van der Waals surface area (Å²) in [5.41, 5.74) is 0. The lowest BCUT2D eigenvalue weighted by Gasteiger charge is -2.45. The fraction of sp³-hybridized carbons (Fsp3) is 0.929. The van der Waals surface area contributed by atoms with Gasteiger partial charge in [0.25, 0.3) is 0 Å². The number of amides is 1. The normalized spacial score (nSPS) is 37.3. The first kappa shape index (κ1) is 27.6. The summed E-state index contributed by atoms with van der Waals surface area (Å²) in [6, 6.07) is 0.291. The number of carbonyl (C=O) groups is 1. The number of rotatable bonds is 9. The average molecular weight is 506 g/mol. The van der Waals surface area contributed by atoms with E-state index in [1.54, 1.807) is 7.11 Å². The van der Waals surface area contributed by atoms with Crippen LogP contribution in [0, 0.1) is 35.5 Å². The van der Waals surface area contributed by atoms with Gasteiger partial charge in [-0.15, -0.1) is 0 Å². The number of hydrogen-bond acceptors (Lipinski definition) is 7. The number of guanidine groups is 1. The molecule has 0 spiro atoms. The monoisotopic (exact) mass is 505 g/mol. The van der Waals surface area contributed by atoms with Crippen LogP contribution in [0.15, 0.2) is 4.99 Å². The first-order chi connectivity index (χ1) is 17.5. The molecule has 1 amide bonds. The molecule has 2 aliphatic carbocycles. The third kappa shape index (κ3) is 7.35. The quantitative estimate of drug-likeness (QED) is 0.385. The molecule has 0 radical (unpaired) electrons. The maximum absolute atomic E-state index is 13.5. The lowest BCUT2D eigenvalue weighted by atomic mass is 9.63. The largest absolute Gasteiger partial charge is 0.381 e. The molecule has 8 unspecified atom stereocenters. The second kappa shape index (κ2) is 13.4. The van der Waals surface area contributed by atoms with Crippen LogP contribution in [-0.4, -0.2) is 77.1 Å². The molecule has 0 aromatic heterocycles. The maximum Gasteiger partial charge on any atom is 0.223 e. The molecule has 4 aliphatic rings. The zero-order valence-electron chi connectivity index (χ0n) is 23.1. The zero-order valence-corrected chi connectivity index (χ0v) is 23.1. The second-order valence-corrected chi connectivity index (χ2v) is 12.1. The molecule has 4 rings (SSSR count). The van der Waals surface area contributed by atoms with Crippen molar-refractivity contribution < 1.29 is 14.3 Å². The van der Waals surface area contributed by atoms with Crippen LogP contribution in [0.25, 0.3) is 0 Å². The molecule has 8 atom stereocenters. The molecule has 0 bridgehead atoms. The fourth-order valence-corrected chi connectivity index (χ4v) is 7.28. The molecule has 0 aromatic rings. The Morgan fingerprint density at radius 2 is 1.89 bits per heavy atom. The molecule has 1 saturated heterocycles. The van der Waals surface area contributed by atoms with Crippen molar-refractivity contribution in [1.29, 1.82) is 0 Å². The molecule has 36 heavy (non-hydrogen) atoms. The van der Waals surface area contributed by atoms with Crippen LogP contribution < -0.4 is 21.3 Å². The van der Waals surface area contributed by atoms with E-state index in [1.807, 2.05) is 7.11 Å². The molecule has 0 aromatic carbocycles. The minimum absolute atomic E-state index is 0.0628. The van der Waals surface area contributed by atoms with Gasteiger partial charge in [0.15, 0.2) is 5.96 Å². The smallest absolute Gasteiger partial charge is 0.223 e. The van der Waals surface area contributed by atoms with E-state index >= 15 is 0 Å². The van der Waals surface area contributed by atoms with Crippen LogP contribution in [0.1, 0.15) is 65.2 Å². The van der Waals surface area contributed by atoms with E-state index in [9.17, 15) is 4.79 Å². The van der Waals surface area contributed by atoms with Gasteiger partial charge in [0, 0.05) is 45.8 Å². The molecule has 2 aliphatic heterocycles. The first-order valence-corrected chi connectivity index (χ1v) is 14.6. The van der Waals surface area contributed by atoms with Gasteiger partial charge in [-0.2, -0.15) is 0 Å². The van der Waals surface area contributed by atoms with Crippen molar-refractivity contribution >= 4 is 11.9 Å². The van der Waals surface area contributed by atoms with Gasteiger partial charge in [-0.05, 0) is 87.5 Å². The Hall–Kier alpha value is -1.38. The summed E-state index contributed by atoms with van der Waals surface area (Å²) in [6.07, 6.45) is 9.34. The van der Waals surface area contributed by atoms with Crippen molar-refractivity contribution in [1.82, 2.24) is 21.3 Å². The molecule has 206 valence electrons. The van der Waals surface area contributed by atoms with E-state index in [1.165, 1.54) is 19.3 Å². The summed E-state index contributed by atoms with van der Waals surface area (Å²) in [6.45, 7) is 8.99. The first-order valence-electron chi connectivity index (χ1n) is 14.6. The van der Waals surface area contributed by atoms with Gasteiger partial charge in [0.05, 0.1) is 18.8 Å². The average Bonchev–Trinajstić information content (AvgIpc) is 3.44. The topological polar surface area (TPSA) is 96.0 Å². The summed E-state index contributed by atoms with van der Waals surface area (Å²) < 4.78 is 11.6. The minimum atomic E-state index is 0.0628. The van der Waals surface area contributed by atoms with Crippen molar-refractivity contribution in [3.8, 4) is 0 Å². The van der Waals surface area contributed by atoms with E-state index in [-0.39, 0.29) is 11.8 Å². The molecular formula is C28H51N5O3.